The molecule has 36 heavy (non-hydrogen) atoms. The number of amides is 2. The van der Waals surface area contributed by atoms with E-state index in [1.807, 2.05) is 0 Å². The molecule has 0 bridgehead atoms. The van der Waals surface area contributed by atoms with Crippen molar-refractivity contribution in [1.82, 2.24) is 4.90 Å². The maximum atomic E-state index is 13.6. The third-order valence-electron chi connectivity index (χ3n) is 5.34. The van der Waals surface area contributed by atoms with E-state index in [4.69, 9.17) is 9.47 Å². The summed E-state index contributed by atoms with van der Waals surface area (Å²) in [6.07, 6.45) is 1.20. The van der Waals surface area contributed by atoms with Crippen molar-refractivity contribution in [3.63, 3.8) is 0 Å². The number of anilines is 1. The molecule has 0 saturated heterocycles. The van der Waals surface area contributed by atoms with E-state index in [0.29, 0.717) is 22.7 Å². The summed E-state index contributed by atoms with van der Waals surface area (Å²) < 4.78 is 23.9. The normalized spacial score (nSPS) is 16.8. The second-order valence-electron chi connectivity index (χ2n) is 7.57. The van der Waals surface area contributed by atoms with Crippen molar-refractivity contribution in [2.24, 2.45) is 4.99 Å². The van der Waals surface area contributed by atoms with Gasteiger partial charge < -0.3 is 31.8 Å². The summed E-state index contributed by atoms with van der Waals surface area (Å²) in [6, 6.07) is 11.4. The first-order valence-corrected chi connectivity index (χ1v) is 11.5. The lowest BCUT2D eigenvalue weighted by molar-refractivity contribution is -0.139. The van der Waals surface area contributed by atoms with Gasteiger partial charge in [-0.25, -0.2) is 14.2 Å². The van der Waals surface area contributed by atoms with E-state index in [1.165, 1.54) is 35.2 Å². The van der Waals surface area contributed by atoms with Gasteiger partial charge in [0.2, 0.25) is 0 Å². The molecule has 1 unspecified atom stereocenters. The lowest BCUT2D eigenvalue weighted by Crippen LogP contribution is -3.00. The van der Waals surface area contributed by atoms with Crippen LogP contribution in [0.25, 0.3) is 0 Å². The first-order valence-electron chi connectivity index (χ1n) is 10.7. The Kier molecular flexibility index (Phi) is 8.70. The Morgan fingerprint density at radius 3 is 2.42 bits per heavy atom. The van der Waals surface area contributed by atoms with Crippen molar-refractivity contribution in [1.29, 1.82) is 0 Å². The third kappa shape index (κ3) is 5.52. The van der Waals surface area contributed by atoms with Gasteiger partial charge in [-0.2, -0.15) is 0 Å². The summed E-state index contributed by atoms with van der Waals surface area (Å²) in [5.74, 6) is -1.44. The van der Waals surface area contributed by atoms with Crippen molar-refractivity contribution < 1.29 is 45.2 Å². The van der Waals surface area contributed by atoms with Gasteiger partial charge in [-0.1, -0.05) is 12.1 Å². The number of ether oxygens (including phenoxy) is 2. The highest BCUT2D eigenvalue weighted by atomic mass is 79.9. The molecule has 11 heteroatoms. The predicted octanol–water partition coefficient (Wildman–Crippen LogP) is 1.18. The number of benzene rings is 2. The maximum Gasteiger partial charge on any atom is 0.338 e. The van der Waals surface area contributed by atoms with Gasteiger partial charge in [0.05, 0.1) is 35.9 Å². The molecule has 0 spiro atoms. The van der Waals surface area contributed by atoms with Crippen molar-refractivity contribution in [3.8, 4) is 5.75 Å². The number of amidine groups is 1. The zero-order valence-electron chi connectivity index (χ0n) is 19.6. The fourth-order valence-electron chi connectivity index (χ4n) is 3.71. The van der Waals surface area contributed by atoms with Gasteiger partial charge in [-0.05, 0) is 67.6 Å². The van der Waals surface area contributed by atoms with Crippen LogP contribution in [-0.4, -0.2) is 41.6 Å². The Morgan fingerprint density at radius 1 is 1.14 bits per heavy atom. The first kappa shape index (κ1) is 27.2. The van der Waals surface area contributed by atoms with E-state index < -0.39 is 29.6 Å². The standard InChI is InChI=1S/C25H22FN3O5S.BrH/c1-4-34-24(32)21-14(2)27-25-29(22(21)15-5-7-16(26)8-6-15)20(30)13-19(35-25)23(31)28-17-9-11-18(33-3)12-10-17;/h5-13,22H,4H2,1-3H3,(H,28,31);1H/p-1. The molecule has 188 valence electrons. The third-order valence-corrected chi connectivity index (χ3v) is 6.33. The number of carbonyl (C=O) groups is 3. The summed E-state index contributed by atoms with van der Waals surface area (Å²) in [6.45, 7) is 3.45. The highest BCUT2D eigenvalue weighted by molar-refractivity contribution is 8.18. The number of nitrogens with zero attached hydrogens (tertiary/aromatic N) is 2. The number of allylic oxidation sites excluding steroid dienone is 1. The minimum absolute atomic E-state index is 0. The second-order valence-corrected chi connectivity index (χ2v) is 8.58. The monoisotopic (exact) mass is 574 g/mol. The van der Waals surface area contributed by atoms with Gasteiger partial charge in [0.15, 0.2) is 5.17 Å². The number of thioether (sulfide) groups is 1. The molecule has 8 nitrogen and oxygen atoms in total. The number of hydrogen-bond donors (Lipinski definition) is 1. The molecular formula is C25H22BrFN3O5S-. The van der Waals surface area contributed by atoms with Gasteiger partial charge in [-0.3, -0.25) is 14.5 Å². The van der Waals surface area contributed by atoms with Gasteiger partial charge in [-0.15, -0.1) is 0 Å². The van der Waals surface area contributed by atoms with E-state index in [1.54, 1.807) is 45.2 Å². The van der Waals surface area contributed by atoms with E-state index in [2.05, 4.69) is 10.3 Å². The average Bonchev–Trinajstić information content (AvgIpc) is 2.84. The van der Waals surface area contributed by atoms with Gasteiger partial charge >= 0.3 is 5.97 Å². The van der Waals surface area contributed by atoms with Crippen LogP contribution in [-0.2, 0) is 19.1 Å². The number of hydrogen-bond acceptors (Lipinski definition) is 7. The summed E-state index contributed by atoms with van der Waals surface area (Å²) in [7, 11) is 1.54. The molecule has 2 aromatic rings. The fraction of sp³-hybridized carbons (Fsp3) is 0.200. The fourth-order valence-corrected chi connectivity index (χ4v) is 4.68. The lowest BCUT2D eigenvalue weighted by atomic mass is 9.94. The molecule has 2 amide bonds. The molecule has 0 aromatic heterocycles. The quantitative estimate of drug-likeness (QED) is 0.520. The summed E-state index contributed by atoms with van der Waals surface area (Å²) >= 11 is 1.01. The molecular weight excluding hydrogens is 553 g/mol. The number of aliphatic imine (C=N–C) groups is 1. The van der Waals surface area contributed by atoms with Gasteiger partial charge in [0, 0.05) is 11.8 Å². The minimum atomic E-state index is -0.885. The van der Waals surface area contributed by atoms with Crippen LogP contribution < -0.4 is 27.0 Å². The molecule has 2 aliphatic rings. The van der Waals surface area contributed by atoms with Crippen LogP contribution in [0.15, 0.2) is 75.8 Å². The maximum absolute atomic E-state index is 13.6. The second kappa shape index (κ2) is 11.5. The molecule has 4 rings (SSSR count). The Bertz CT molecular complexity index is 1280. The number of esters is 1. The van der Waals surface area contributed by atoms with E-state index >= 15 is 0 Å². The predicted molar refractivity (Wildman–Crippen MR) is 130 cm³/mol. The molecule has 1 N–H and O–H groups in total. The summed E-state index contributed by atoms with van der Waals surface area (Å²) in [5, 5.41) is 2.98. The van der Waals surface area contributed by atoms with Crippen molar-refractivity contribution in [2.75, 3.05) is 19.0 Å². The zero-order valence-corrected chi connectivity index (χ0v) is 22.0. The smallest absolute Gasteiger partial charge is 0.338 e. The first-order chi connectivity index (χ1) is 16.8. The number of methoxy groups -OCH3 is 1. The molecule has 2 aromatic carbocycles. The van der Waals surface area contributed by atoms with Gasteiger partial charge in [0.1, 0.15) is 11.6 Å². The van der Waals surface area contributed by atoms with Crippen LogP contribution >= 0.6 is 11.8 Å². The summed E-state index contributed by atoms with van der Waals surface area (Å²) in [5.41, 5.74) is 1.56. The lowest BCUT2D eigenvalue weighted by Gasteiger charge is -2.38. The largest absolute Gasteiger partial charge is 1.00 e. The van der Waals surface area contributed by atoms with Crippen LogP contribution in [0.2, 0.25) is 0 Å². The van der Waals surface area contributed by atoms with Crippen molar-refractivity contribution >= 4 is 40.4 Å². The zero-order chi connectivity index (χ0) is 25.1. The van der Waals surface area contributed by atoms with Gasteiger partial charge in [0.25, 0.3) is 11.8 Å². The van der Waals surface area contributed by atoms with Crippen molar-refractivity contribution in [2.45, 2.75) is 19.9 Å². The number of halogens is 2. The van der Waals surface area contributed by atoms with E-state index in [9.17, 15) is 18.8 Å². The van der Waals surface area contributed by atoms with Crippen LogP contribution in [0.5, 0.6) is 5.75 Å². The summed E-state index contributed by atoms with van der Waals surface area (Å²) in [4.78, 5) is 44.9. The molecule has 0 saturated carbocycles. The topological polar surface area (TPSA) is 97.3 Å². The number of carbonyl (C=O) groups excluding carboxylic acids is 3. The van der Waals surface area contributed by atoms with Crippen LogP contribution in [0, 0.1) is 5.82 Å². The van der Waals surface area contributed by atoms with Crippen LogP contribution in [0.1, 0.15) is 25.5 Å². The molecule has 0 aliphatic carbocycles. The Morgan fingerprint density at radius 2 is 1.81 bits per heavy atom. The van der Waals surface area contributed by atoms with Crippen LogP contribution in [0.3, 0.4) is 0 Å². The SMILES string of the molecule is CCOC(=O)C1=C(C)N=C2SC(C(=O)Nc3ccc(OC)cc3)=CC(=O)N2C1c1ccc(F)cc1.[Br-]. The number of fused-ring (bicyclic) bond motifs is 1. The average molecular weight is 575 g/mol. The highest BCUT2D eigenvalue weighted by Gasteiger charge is 2.42. The minimum Gasteiger partial charge on any atom is -1.00 e. The molecule has 0 fully saturated rings. The number of rotatable bonds is 6. The Hall–Kier alpha value is -3.44. The van der Waals surface area contributed by atoms with E-state index in [0.717, 1.165) is 11.8 Å². The molecule has 1 atom stereocenters. The number of nitrogens with one attached hydrogen (secondary N) is 1. The highest BCUT2D eigenvalue weighted by Crippen LogP contribution is 2.42. The molecule has 2 heterocycles. The van der Waals surface area contributed by atoms with E-state index in [-0.39, 0.29) is 39.2 Å². The molecule has 2 aliphatic heterocycles. The molecule has 0 radical (unpaired) electrons. The Balaban J connectivity index is 0.00000361. The van der Waals surface area contributed by atoms with Crippen LogP contribution in [0.4, 0.5) is 10.1 Å². The Labute approximate surface area is 222 Å². The van der Waals surface area contributed by atoms with Crippen molar-refractivity contribution in [3.05, 3.63) is 82.2 Å².